The first-order valence-corrected chi connectivity index (χ1v) is 10.9. The molecular formula is C25H15ClF4N3O4-. The molecule has 4 rings (SSSR count). The second kappa shape index (κ2) is 9.32. The van der Waals surface area contributed by atoms with Gasteiger partial charge in [0.1, 0.15) is 11.5 Å². The highest BCUT2D eigenvalue weighted by Gasteiger charge is 2.37. The fourth-order valence-corrected chi connectivity index (χ4v) is 4.02. The summed E-state index contributed by atoms with van der Waals surface area (Å²) in [4.78, 5) is 37.7. The van der Waals surface area contributed by atoms with Gasteiger partial charge in [0.2, 0.25) is 5.91 Å². The largest absolute Gasteiger partial charge is 0.545 e. The third-order valence-corrected chi connectivity index (χ3v) is 6.02. The summed E-state index contributed by atoms with van der Waals surface area (Å²) >= 11 is 6.01. The summed E-state index contributed by atoms with van der Waals surface area (Å²) in [7, 11) is 1.45. The monoisotopic (exact) mass is 532 g/mol. The molecule has 4 aromatic rings. The average Bonchev–Trinajstić information content (AvgIpc) is 3.20. The topological polar surface area (TPSA) is 95.3 Å². The molecule has 7 nitrogen and oxygen atoms in total. The van der Waals surface area contributed by atoms with Crippen LogP contribution < -0.4 is 10.0 Å². The number of rotatable bonds is 4. The standard InChI is InChI=1S/C25H16ClF4N3O4/c1-12(34)32(2)14-7-9-16-20(11-14)33(23(35)21-17(25(28,29)30)4-3-5-18(21)26)31-22(16)15-8-6-13(24(36)37)10-19(15)27/h3-11H,1-2H3,(H,36,37)/p-1. The van der Waals surface area contributed by atoms with E-state index in [1.165, 1.54) is 37.1 Å². The summed E-state index contributed by atoms with van der Waals surface area (Å²) in [5.41, 5.74) is -2.74. The van der Waals surface area contributed by atoms with Crippen molar-refractivity contribution < 1.29 is 37.1 Å². The van der Waals surface area contributed by atoms with Gasteiger partial charge in [0.15, 0.2) is 0 Å². The van der Waals surface area contributed by atoms with E-state index in [1.54, 1.807) is 0 Å². The summed E-state index contributed by atoms with van der Waals surface area (Å²) in [5, 5.41) is 14.9. The van der Waals surface area contributed by atoms with Crippen molar-refractivity contribution in [2.75, 3.05) is 11.9 Å². The van der Waals surface area contributed by atoms with Gasteiger partial charge in [-0.3, -0.25) is 9.59 Å². The highest BCUT2D eigenvalue weighted by molar-refractivity contribution is 6.34. The van der Waals surface area contributed by atoms with Gasteiger partial charge in [-0.1, -0.05) is 23.7 Å². The summed E-state index contributed by atoms with van der Waals surface area (Å²) in [6.07, 6.45) is -4.92. The molecule has 1 amide bonds. The van der Waals surface area contributed by atoms with Gasteiger partial charge in [0.25, 0.3) is 5.91 Å². The third-order valence-electron chi connectivity index (χ3n) is 5.71. The van der Waals surface area contributed by atoms with Crippen LogP contribution in [0.5, 0.6) is 0 Å². The van der Waals surface area contributed by atoms with Crippen LogP contribution in [0.2, 0.25) is 5.02 Å². The zero-order valence-electron chi connectivity index (χ0n) is 19.1. The van der Waals surface area contributed by atoms with E-state index in [4.69, 9.17) is 11.6 Å². The number of anilines is 1. The van der Waals surface area contributed by atoms with Crippen LogP contribution >= 0.6 is 11.6 Å². The van der Waals surface area contributed by atoms with E-state index >= 15 is 0 Å². The quantitative estimate of drug-likeness (QED) is 0.359. The van der Waals surface area contributed by atoms with E-state index in [0.717, 1.165) is 24.3 Å². The first-order chi connectivity index (χ1) is 17.3. The molecule has 0 aliphatic heterocycles. The number of aromatic nitrogens is 2. The first kappa shape index (κ1) is 25.8. The number of amides is 1. The van der Waals surface area contributed by atoms with Crippen LogP contribution in [-0.4, -0.2) is 34.6 Å². The lowest BCUT2D eigenvalue weighted by atomic mass is 10.0. The van der Waals surface area contributed by atoms with Crippen molar-refractivity contribution in [3.8, 4) is 11.3 Å². The predicted molar refractivity (Wildman–Crippen MR) is 125 cm³/mol. The Kier molecular flexibility index (Phi) is 6.51. The number of aromatic carboxylic acids is 1. The summed E-state index contributed by atoms with van der Waals surface area (Å²) in [6, 6.07) is 9.95. The Balaban J connectivity index is 2.02. The Morgan fingerprint density at radius 2 is 1.76 bits per heavy atom. The lowest BCUT2D eigenvalue weighted by molar-refractivity contribution is -0.255. The molecule has 190 valence electrons. The van der Waals surface area contributed by atoms with Crippen molar-refractivity contribution in [1.82, 2.24) is 9.78 Å². The zero-order chi connectivity index (χ0) is 27.2. The molecule has 0 atom stereocenters. The summed E-state index contributed by atoms with van der Waals surface area (Å²) in [5.74, 6) is -4.25. The van der Waals surface area contributed by atoms with Crippen LogP contribution in [-0.2, 0) is 11.0 Å². The Labute approximate surface area is 211 Å². The molecule has 0 saturated heterocycles. The molecule has 37 heavy (non-hydrogen) atoms. The van der Waals surface area contributed by atoms with Gasteiger partial charge in [-0.15, -0.1) is 0 Å². The second-order valence-corrected chi connectivity index (χ2v) is 8.39. The number of carboxylic acid groups (broad SMARTS) is 1. The normalized spacial score (nSPS) is 11.5. The molecule has 3 aromatic carbocycles. The maximum atomic E-state index is 14.9. The van der Waals surface area contributed by atoms with Crippen LogP contribution in [0.25, 0.3) is 22.2 Å². The van der Waals surface area contributed by atoms with Gasteiger partial charge in [-0.25, -0.2) is 4.39 Å². The second-order valence-electron chi connectivity index (χ2n) is 7.99. The van der Waals surface area contributed by atoms with E-state index in [1.807, 2.05) is 0 Å². The smallest absolute Gasteiger partial charge is 0.417 e. The van der Waals surface area contributed by atoms with Crippen molar-refractivity contribution in [1.29, 1.82) is 0 Å². The molecule has 0 unspecified atom stereocenters. The Bertz CT molecular complexity index is 1600. The lowest BCUT2D eigenvalue weighted by Crippen LogP contribution is -2.23. The molecular weight excluding hydrogens is 518 g/mol. The Hall–Kier alpha value is -4.25. The number of carbonyl (C=O) groups is 3. The van der Waals surface area contributed by atoms with E-state index in [9.17, 15) is 37.1 Å². The van der Waals surface area contributed by atoms with Gasteiger partial charge >= 0.3 is 6.18 Å². The maximum Gasteiger partial charge on any atom is 0.417 e. The number of carbonyl (C=O) groups excluding carboxylic acids is 3. The van der Waals surface area contributed by atoms with Crippen molar-refractivity contribution in [3.63, 3.8) is 0 Å². The molecule has 0 fully saturated rings. The number of benzene rings is 3. The average molecular weight is 533 g/mol. The highest BCUT2D eigenvalue weighted by atomic mass is 35.5. The molecule has 1 aromatic heterocycles. The van der Waals surface area contributed by atoms with Crippen molar-refractivity contribution in [3.05, 3.63) is 82.1 Å². The van der Waals surface area contributed by atoms with E-state index in [-0.39, 0.29) is 33.8 Å². The first-order valence-electron chi connectivity index (χ1n) is 10.5. The lowest BCUT2D eigenvalue weighted by Gasteiger charge is -2.16. The fourth-order valence-electron chi connectivity index (χ4n) is 3.77. The van der Waals surface area contributed by atoms with Crippen LogP contribution in [0.1, 0.15) is 33.2 Å². The SMILES string of the molecule is CC(=O)N(C)c1ccc2c(-c3ccc(C(=O)[O-])cc3F)nn(C(=O)c3c(Cl)cccc3C(F)(F)F)c2c1. The molecule has 0 bridgehead atoms. The number of alkyl halides is 3. The Morgan fingerprint density at radius 1 is 1.05 bits per heavy atom. The summed E-state index contributed by atoms with van der Waals surface area (Å²) < 4.78 is 56.7. The number of hydrogen-bond donors (Lipinski definition) is 0. The van der Waals surface area contributed by atoms with Crippen LogP contribution in [0.3, 0.4) is 0 Å². The van der Waals surface area contributed by atoms with Gasteiger partial charge in [0.05, 0.1) is 27.6 Å². The Morgan fingerprint density at radius 3 is 2.35 bits per heavy atom. The minimum atomic E-state index is -4.92. The van der Waals surface area contributed by atoms with Gasteiger partial charge in [0, 0.05) is 36.2 Å². The molecule has 0 spiro atoms. The third kappa shape index (κ3) is 4.65. The maximum absolute atomic E-state index is 14.9. The highest BCUT2D eigenvalue weighted by Crippen LogP contribution is 2.37. The minimum Gasteiger partial charge on any atom is -0.545 e. The molecule has 0 aliphatic carbocycles. The fraction of sp³-hybridized carbons (Fsp3) is 0.120. The number of nitrogens with zero attached hydrogens (tertiary/aromatic N) is 3. The molecule has 0 N–H and O–H groups in total. The minimum absolute atomic E-state index is 0.0398. The van der Waals surface area contributed by atoms with E-state index < -0.39 is 45.6 Å². The predicted octanol–water partition coefficient (Wildman–Crippen LogP) is 4.55. The molecule has 1 heterocycles. The molecule has 12 heteroatoms. The van der Waals surface area contributed by atoms with Crippen molar-refractivity contribution in [2.45, 2.75) is 13.1 Å². The van der Waals surface area contributed by atoms with Crippen molar-refractivity contribution in [2.24, 2.45) is 0 Å². The molecule has 0 radical (unpaired) electrons. The number of halogens is 5. The van der Waals surface area contributed by atoms with Crippen LogP contribution in [0.4, 0.5) is 23.2 Å². The van der Waals surface area contributed by atoms with Gasteiger partial charge in [-0.2, -0.15) is 23.0 Å². The van der Waals surface area contributed by atoms with Crippen LogP contribution in [0, 0.1) is 5.82 Å². The summed E-state index contributed by atoms with van der Waals surface area (Å²) in [6.45, 7) is 1.28. The number of hydrogen-bond acceptors (Lipinski definition) is 5. The number of fused-ring (bicyclic) bond motifs is 1. The zero-order valence-corrected chi connectivity index (χ0v) is 19.8. The van der Waals surface area contributed by atoms with E-state index in [0.29, 0.717) is 16.8 Å². The molecule has 0 aliphatic rings. The van der Waals surface area contributed by atoms with Gasteiger partial charge < -0.3 is 14.8 Å². The van der Waals surface area contributed by atoms with Crippen molar-refractivity contribution >= 4 is 46.0 Å². The number of carboxylic acids is 1. The van der Waals surface area contributed by atoms with E-state index in [2.05, 4.69) is 5.10 Å². The van der Waals surface area contributed by atoms with Gasteiger partial charge in [-0.05, 0) is 42.5 Å². The molecule has 0 saturated carbocycles. The van der Waals surface area contributed by atoms with Crippen LogP contribution in [0.15, 0.2) is 54.6 Å².